The predicted molar refractivity (Wildman–Crippen MR) is 80.6 cm³/mol. The lowest BCUT2D eigenvalue weighted by Crippen LogP contribution is -2.26. The average molecular weight is 292 g/mol. The monoisotopic (exact) mass is 292 g/mol. The fourth-order valence-electron chi connectivity index (χ4n) is 1.54. The first-order chi connectivity index (χ1) is 9.34. The summed E-state index contributed by atoms with van der Waals surface area (Å²) in [6.45, 7) is 0.726. The van der Waals surface area contributed by atoms with Crippen LogP contribution < -0.4 is 5.32 Å². The van der Waals surface area contributed by atoms with Gasteiger partial charge in [0.05, 0.1) is 11.4 Å². The average Bonchev–Trinajstić information content (AvgIpc) is 2.92. The molecule has 0 fully saturated rings. The van der Waals surface area contributed by atoms with E-state index in [4.69, 9.17) is 0 Å². The van der Waals surface area contributed by atoms with E-state index >= 15 is 0 Å². The summed E-state index contributed by atoms with van der Waals surface area (Å²) in [6, 6.07) is 9.85. The largest absolute Gasteiger partial charge is 0.356 e. The van der Waals surface area contributed by atoms with E-state index in [1.54, 1.807) is 29.3 Å². The van der Waals surface area contributed by atoms with E-state index in [0.717, 1.165) is 28.6 Å². The van der Waals surface area contributed by atoms with Crippen molar-refractivity contribution < 1.29 is 4.79 Å². The third-order valence-electron chi connectivity index (χ3n) is 2.45. The molecule has 0 aliphatic heterocycles. The van der Waals surface area contributed by atoms with Gasteiger partial charge in [0.1, 0.15) is 0 Å². The number of aromatic nitrogens is 1. The number of pyridine rings is 1. The molecule has 2 aromatic heterocycles. The molecule has 0 aliphatic carbocycles. The number of hydrogen-bond donors (Lipinski definition) is 1. The summed E-state index contributed by atoms with van der Waals surface area (Å²) < 4.78 is 0. The lowest BCUT2D eigenvalue weighted by Gasteiger charge is -2.04. The van der Waals surface area contributed by atoms with Crippen LogP contribution in [0.2, 0.25) is 0 Å². The summed E-state index contributed by atoms with van der Waals surface area (Å²) >= 11 is 3.34. The molecule has 2 aromatic rings. The number of amides is 1. The summed E-state index contributed by atoms with van der Waals surface area (Å²) in [6.07, 6.45) is 3.24. The summed E-state index contributed by atoms with van der Waals surface area (Å²) in [4.78, 5) is 17.0. The molecule has 0 radical (unpaired) electrons. The van der Waals surface area contributed by atoms with Crippen molar-refractivity contribution >= 4 is 29.0 Å². The molecule has 100 valence electrons. The molecular weight excluding hydrogens is 276 g/mol. The zero-order chi connectivity index (χ0) is 13.3. The van der Waals surface area contributed by atoms with Gasteiger partial charge < -0.3 is 5.32 Å². The Labute approximate surface area is 121 Å². The van der Waals surface area contributed by atoms with Gasteiger partial charge in [0.25, 0.3) is 0 Å². The standard InChI is InChI=1S/C14H16N2OS2/c17-13(11-12-5-3-9-18-12)15-8-4-10-19-14-6-1-2-7-16-14/h1-3,5-7,9H,4,8,10-11H2,(H,15,17). The molecule has 0 spiro atoms. The molecule has 5 heteroatoms. The number of carbonyl (C=O) groups excluding carboxylic acids is 1. The zero-order valence-corrected chi connectivity index (χ0v) is 12.2. The van der Waals surface area contributed by atoms with Crippen LogP contribution in [0.25, 0.3) is 0 Å². The highest BCUT2D eigenvalue weighted by atomic mass is 32.2. The Balaban J connectivity index is 1.56. The highest BCUT2D eigenvalue weighted by Crippen LogP contribution is 2.14. The van der Waals surface area contributed by atoms with E-state index in [0.29, 0.717) is 6.42 Å². The minimum absolute atomic E-state index is 0.102. The molecule has 1 N–H and O–H groups in total. The molecule has 0 aliphatic rings. The Morgan fingerprint density at radius 2 is 2.26 bits per heavy atom. The van der Waals surface area contributed by atoms with Gasteiger partial charge in [-0.25, -0.2) is 4.98 Å². The lowest BCUT2D eigenvalue weighted by atomic mass is 10.3. The van der Waals surface area contributed by atoms with E-state index in [1.807, 2.05) is 35.7 Å². The van der Waals surface area contributed by atoms with Crippen LogP contribution in [-0.4, -0.2) is 23.2 Å². The van der Waals surface area contributed by atoms with Crippen LogP contribution in [0.15, 0.2) is 46.9 Å². The molecule has 0 atom stereocenters. The molecule has 2 rings (SSSR count). The Morgan fingerprint density at radius 3 is 3.00 bits per heavy atom. The van der Waals surface area contributed by atoms with Crippen molar-refractivity contribution in [1.82, 2.24) is 10.3 Å². The van der Waals surface area contributed by atoms with Crippen molar-refractivity contribution in [3.63, 3.8) is 0 Å². The molecule has 19 heavy (non-hydrogen) atoms. The van der Waals surface area contributed by atoms with E-state index in [9.17, 15) is 4.79 Å². The third-order valence-corrected chi connectivity index (χ3v) is 4.35. The van der Waals surface area contributed by atoms with Crippen molar-refractivity contribution in [2.75, 3.05) is 12.3 Å². The van der Waals surface area contributed by atoms with Crippen LogP contribution in [0, 0.1) is 0 Å². The molecule has 2 heterocycles. The molecule has 0 saturated heterocycles. The van der Waals surface area contributed by atoms with Crippen molar-refractivity contribution in [3.8, 4) is 0 Å². The Bertz CT molecular complexity index is 485. The number of carbonyl (C=O) groups is 1. The van der Waals surface area contributed by atoms with Crippen LogP contribution in [-0.2, 0) is 11.2 Å². The lowest BCUT2D eigenvalue weighted by molar-refractivity contribution is -0.120. The van der Waals surface area contributed by atoms with Gasteiger partial charge in [0.2, 0.25) is 5.91 Å². The van der Waals surface area contributed by atoms with Crippen LogP contribution in [0.3, 0.4) is 0 Å². The Kier molecular flexibility index (Phi) is 5.91. The van der Waals surface area contributed by atoms with Gasteiger partial charge >= 0.3 is 0 Å². The van der Waals surface area contributed by atoms with Gasteiger partial charge in [0, 0.05) is 23.4 Å². The molecule has 0 aromatic carbocycles. The van der Waals surface area contributed by atoms with Crippen LogP contribution >= 0.6 is 23.1 Å². The fourth-order valence-corrected chi connectivity index (χ4v) is 3.05. The SMILES string of the molecule is O=C(Cc1cccs1)NCCCSc1ccccn1. The van der Waals surface area contributed by atoms with E-state index in [1.165, 1.54) is 0 Å². The molecule has 1 amide bonds. The Morgan fingerprint density at radius 1 is 1.32 bits per heavy atom. The molecule has 0 bridgehead atoms. The summed E-state index contributed by atoms with van der Waals surface area (Å²) in [5.41, 5.74) is 0. The van der Waals surface area contributed by atoms with Gasteiger partial charge in [-0.2, -0.15) is 0 Å². The van der Waals surface area contributed by atoms with Crippen molar-refractivity contribution in [1.29, 1.82) is 0 Å². The van der Waals surface area contributed by atoms with Crippen LogP contribution in [0.5, 0.6) is 0 Å². The quantitative estimate of drug-likeness (QED) is 0.630. The first kappa shape index (κ1) is 14.1. The maximum Gasteiger partial charge on any atom is 0.225 e. The van der Waals surface area contributed by atoms with E-state index in [2.05, 4.69) is 10.3 Å². The number of thiophene rings is 1. The maximum atomic E-state index is 11.6. The summed E-state index contributed by atoms with van der Waals surface area (Å²) in [5.74, 6) is 1.07. The summed E-state index contributed by atoms with van der Waals surface area (Å²) in [7, 11) is 0. The minimum atomic E-state index is 0.102. The van der Waals surface area contributed by atoms with Crippen molar-refractivity contribution in [3.05, 3.63) is 46.8 Å². The number of thioether (sulfide) groups is 1. The normalized spacial score (nSPS) is 10.3. The smallest absolute Gasteiger partial charge is 0.225 e. The van der Waals surface area contributed by atoms with Crippen LogP contribution in [0.4, 0.5) is 0 Å². The third kappa shape index (κ3) is 5.44. The number of hydrogen-bond acceptors (Lipinski definition) is 4. The second kappa shape index (κ2) is 7.96. The van der Waals surface area contributed by atoms with Crippen molar-refractivity contribution in [2.24, 2.45) is 0 Å². The number of nitrogens with one attached hydrogen (secondary N) is 1. The summed E-state index contributed by atoms with van der Waals surface area (Å²) in [5, 5.41) is 5.97. The first-order valence-electron chi connectivity index (χ1n) is 6.17. The molecule has 3 nitrogen and oxygen atoms in total. The first-order valence-corrected chi connectivity index (χ1v) is 8.04. The second-order valence-electron chi connectivity index (χ2n) is 3.98. The number of rotatable bonds is 7. The van der Waals surface area contributed by atoms with Gasteiger partial charge in [-0.3, -0.25) is 4.79 Å². The Hall–Kier alpha value is -1.33. The van der Waals surface area contributed by atoms with E-state index < -0.39 is 0 Å². The van der Waals surface area contributed by atoms with Gasteiger partial charge in [-0.1, -0.05) is 12.1 Å². The van der Waals surface area contributed by atoms with Gasteiger partial charge in [-0.05, 0) is 30.0 Å². The zero-order valence-electron chi connectivity index (χ0n) is 10.5. The molecular formula is C14H16N2OS2. The van der Waals surface area contributed by atoms with E-state index in [-0.39, 0.29) is 5.91 Å². The van der Waals surface area contributed by atoms with Crippen LogP contribution in [0.1, 0.15) is 11.3 Å². The van der Waals surface area contributed by atoms with Crippen molar-refractivity contribution in [2.45, 2.75) is 17.9 Å². The molecule has 0 saturated carbocycles. The van der Waals surface area contributed by atoms with Gasteiger partial charge in [0.15, 0.2) is 0 Å². The predicted octanol–water partition coefficient (Wildman–Crippen LogP) is 2.98. The molecule has 0 unspecified atom stereocenters. The topological polar surface area (TPSA) is 42.0 Å². The highest BCUT2D eigenvalue weighted by Gasteiger charge is 2.03. The second-order valence-corrected chi connectivity index (χ2v) is 6.12. The highest BCUT2D eigenvalue weighted by molar-refractivity contribution is 7.99. The fraction of sp³-hybridized carbons (Fsp3) is 0.286. The maximum absolute atomic E-state index is 11.6. The van der Waals surface area contributed by atoms with Gasteiger partial charge in [-0.15, -0.1) is 23.1 Å². The number of nitrogens with zero attached hydrogens (tertiary/aromatic N) is 1. The minimum Gasteiger partial charge on any atom is -0.356 e.